The number of para-hydroxylation sites is 1. The molecular formula is C22H21NO4. The fourth-order valence-electron chi connectivity index (χ4n) is 3.09. The van der Waals surface area contributed by atoms with Gasteiger partial charge in [0.15, 0.2) is 6.10 Å². The Bertz CT molecular complexity index is 972. The molecule has 2 aromatic carbocycles. The number of ether oxygens (including phenoxy) is 1. The third kappa shape index (κ3) is 3.77. The second-order valence-electron chi connectivity index (χ2n) is 6.41. The minimum atomic E-state index is -0.920. The Hall–Kier alpha value is -3.34. The van der Waals surface area contributed by atoms with Crippen molar-refractivity contribution in [1.82, 2.24) is 4.57 Å². The second-order valence-corrected chi connectivity index (χ2v) is 6.41. The minimum absolute atomic E-state index is 0.0593. The van der Waals surface area contributed by atoms with Gasteiger partial charge in [-0.3, -0.25) is 4.79 Å². The Kier molecular flexibility index (Phi) is 5.12. The van der Waals surface area contributed by atoms with Crippen molar-refractivity contribution < 1.29 is 19.4 Å². The number of aromatic hydroxyl groups is 1. The molecular weight excluding hydrogens is 342 g/mol. The quantitative estimate of drug-likeness (QED) is 0.544. The van der Waals surface area contributed by atoms with E-state index in [2.05, 4.69) is 0 Å². The summed E-state index contributed by atoms with van der Waals surface area (Å²) in [6.07, 6.45) is -0.920. The monoisotopic (exact) mass is 363 g/mol. The number of benzene rings is 2. The highest BCUT2D eigenvalue weighted by molar-refractivity contribution is 6.02. The van der Waals surface area contributed by atoms with Gasteiger partial charge >= 0.3 is 5.97 Å². The zero-order valence-corrected chi connectivity index (χ0v) is 15.5. The van der Waals surface area contributed by atoms with Crippen molar-refractivity contribution in [3.8, 4) is 11.4 Å². The van der Waals surface area contributed by atoms with Crippen LogP contribution >= 0.6 is 0 Å². The van der Waals surface area contributed by atoms with Crippen molar-refractivity contribution in [2.45, 2.75) is 26.9 Å². The van der Waals surface area contributed by atoms with Crippen LogP contribution in [0.1, 0.15) is 39.0 Å². The molecule has 0 amide bonds. The number of ketones is 1. The van der Waals surface area contributed by atoms with Gasteiger partial charge in [0.05, 0.1) is 5.56 Å². The lowest BCUT2D eigenvalue weighted by Crippen LogP contribution is -2.24. The molecule has 0 bridgehead atoms. The van der Waals surface area contributed by atoms with Gasteiger partial charge in [-0.1, -0.05) is 18.2 Å². The summed E-state index contributed by atoms with van der Waals surface area (Å²) in [5.41, 5.74) is 3.51. The van der Waals surface area contributed by atoms with E-state index in [1.165, 1.54) is 24.3 Å². The Morgan fingerprint density at radius 1 is 1.00 bits per heavy atom. The van der Waals surface area contributed by atoms with Gasteiger partial charge in [0, 0.05) is 22.6 Å². The molecule has 138 valence electrons. The fourth-order valence-corrected chi connectivity index (χ4v) is 3.09. The number of phenols is 1. The summed E-state index contributed by atoms with van der Waals surface area (Å²) >= 11 is 0. The largest absolute Gasteiger partial charge is 0.508 e. The summed E-state index contributed by atoms with van der Waals surface area (Å²) < 4.78 is 7.32. The average molecular weight is 363 g/mol. The van der Waals surface area contributed by atoms with Gasteiger partial charge in [0.25, 0.3) is 0 Å². The number of esters is 1. The molecule has 0 saturated carbocycles. The molecule has 3 aromatic rings. The number of hydrogen-bond donors (Lipinski definition) is 1. The number of aromatic nitrogens is 1. The van der Waals surface area contributed by atoms with E-state index in [0.717, 1.165) is 17.1 Å². The zero-order chi connectivity index (χ0) is 19.6. The smallest absolute Gasteiger partial charge is 0.338 e. The molecule has 0 aliphatic heterocycles. The third-order valence-corrected chi connectivity index (χ3v) is 4.47. The predicted octanol–water partition coefficient (Wildman–Crippen LogP) is 4.23. The maximum absolute atomic E-state index is 12.9. The molecule has 0 saturated heterocycles. The molecule has 0 fully saturated rings. The molecule has 0 aliphatic rings. The minimum Gasteiger partial charge on any atom is -0.508 e. The fraction of sp³-hybridized carbons (Fsp3) is 0.182. The maximum atomic E-state index is 12.9. The number of rotatable bonds is 5. The molecule has 5 nitrogen and oxygen atoms in total. The van der Waals surface area contributed by atoms with Crippen molar-refractivity contribution in [2.75, 3.05) is 0 Å². The van der Waals surface area contributed by atoms with Gasteiger partial charge in [-0.15, -0.1) is 0 Å². The Balaban J connectivity index is 1.81. The van der Waals surface area contributed by atoms with Crippen LogP contribution in [0.5, 0.6) is 5.75 Å². The molecule has 1 N–H and O–H groups in total. The number of Topliss-reactive ketones (excluding diaryl/α,β-unsaturated/α-hetero) is 1. The summed E-state index contributed by atoms with van der Waals surface area (Å²) in [7, 11) is 0. The highest BCUT2D eigenvalue weighted by atomic mass is 16.5. The summed E-state index contributed by atoms with van der Waals surface area (Å²) in [4.78, 5) is 25.1. The lowest BCUT2D eigenvalue weighted by Gasteiger charge is -2.13. The van der Waals surface area contributed by atoms with Crippen LogP contribution in [-0.2, 0) is 4.74 Å². The van der Waals surface area contributed by atoms with Crippen LogP contribution in [0.2, 0.25) is 0 Å². The first-order valence-electron chi connectivity index (χ1n) is 8.67. The Morgan fingerprint density at radius 2 is 1.63 bits per heavy atom. The van der Waals surface area contributed by atoms with Crippen LogP contribution in [0.25, 0.3) is 5.69 Å². The zero-order valence-electron chi connectivity index (χ0n) is 15.5. The van der Waals surface area contributed by atoms with Crippen LogP contribution in [0.4, 0.5) is 0 Å². The number of phenolic OH excluding ortho intramolecular Hbond substituents is 1. The average Bonchev–Trinajstić information content (AvgIpc) is 2.96. The number of hydrogen-bond acceptors (Lipinski definition) is 4. The van der Waals surface area contributed by atoms with Crippen LogP contribution in [0.15, 0.2) is 60.7 Å². The normalized spacial score (nSPS) is 11.8. The van der Waals surface area contributed by atoms with E-state index >= 15 is 0 Å². The van der Waals surface area contributed by atoms with Gasteiger partial charge in [-0.2, -0.15) is 0 Å². The third-order valence-electron chi connectivity index (χ3n) is 4.47. The van der Waals surface area contributed by atoms with Crippen molar-refractivity contribution in [1.29, 1.82) is 0 Å². The molecule has 1 aromatic heterocycles. The van der Waals surface area contributed by atoms with Crippen LogP contribution in [-0.4, -0.2) is 27.5 Å². The SMILES string of the molecule is Cc1cc(C(=O)[C@H](C)OC(=O)c2ccc(O)cc2)c(C)n1-c1ccccc1. The molecule has 0 spiro atoms. The summed E-state index contributed by atoms with van der Waals surface area (Å²) in [6, 6.07) is 17.3. The van der Waals surface area contributed by atoms with E-state index < -0.39 is 12.1 Å². The van der Waals surface area contributed by atoms with E-state index in [4.69, 9.17) is 4.74 Å². The molecule has 3 rings (SSSR count). The van der Waals surface area contributed by atoms with Gasteiger partial charge < -0.3 is 14.4 Å². The Labute approximate surface area is 157 Å². The first kappa shape index (κ1) is 18.5. The molecule has 0 radical (unpaired) electrons. The van der Waals surface area contributed by atoms with E-state index in [1.54, 1.807) is 6.92 Å². The highest BCUT2D eigenvalue weighted by Gasteiger charge is 2.24. The first-order valence-corrected chi connectivity index (χ1v) is 8.67. The van der Waals surface area contributed by atoms with E-state index in [-0.39, 0.29) is 17.1 Å². The maximum Gasteiger partial charge on any atom is 0.338 e. The second kappa shape index (κ2) is 7.50. The number of carbonyl (C=O) groups is 2. The number of nitrogens with zero attached hydrogens (tertiary/aromatic N) is 1. The first-order chi connectivity index (χ1) is 12.9. The molecule has 27 heavy (non-hydrogen) atoms. The van der Waals surface area contributed by atoms with E-state index in [0.29, 0.717) is 5.56 Å². The highest BCUT2D eigenvalue weighted by Crippen LogP contribution is 2.23. The molecule has 0 unspecified atom stereocenters. The summed E-state index contributed by atoms with van der Waals surface area (Å²) in [6.45, 7) is 5.38. The molecule has 1 atom stereocenters. The van der Waals surface area contributed by atoms with Crippen LogP contribution in [0, 0.1) is 13.8 Å². The Morgan fingerprint density at radius 3 is 2.26 bits per heavy atom. The van der Waals surface area contributed by atoms with Crippen LogP contribution in [0.3, 0.4) is 0 Å². The molecule has 1 heterocycles. The lowest BCUT2D eigenvalue weighted by molar-refractivity contribution is 0.0318. The number of aryl methyl sites for hydroxylation is 1. The van der Waals surface area contributed by atoms with Gasteiger partial charge in [-0.25, -0.2) is 4.79 Å². The predicted molar refractivity (Wildman–Crippen MR) is 103 cm³/mol. The van der Waals surface area contributed by atoms with Gasteiger partial charge in [0.2, 0.25) is 5.78 Å². The van der Waals surface area contributed by atoms with Crippen molar-refractivity contribution in [2.24, 2.45) is 0 Å². The van der Waals surface area contributed by atoms with E-state index in [9.17, 15) is 14.7 Å². The van der Waals surface area contributed by atoms with Crippen molar-refractivity contribution in [3.63, 3.8) is 0 Å². The van der Waals surface area contributed by atoms with Crippen LogP contribution < -0.4 is 0 Å². The lowest BCUT2D eigenvalue weighted by atomic mass is 10.1. The number of carbonyl (C=O) groups excluding carboxylic acids is 2. The molecule has 5 heteroatoms. The van der Waals surface area contributed by atoms with Crippen molar-refractivity contribution >= 4 is 11.8 Å². The van der Waals surface area contributed by atoms with E-state index in [1.807, 2.05) is 54.8 Å². The summed E-state index contributed by atoms with van der Waals surface area (Å²) in [5, 5.41) is 9.30. The van der Waals surface area contributed by atoms with Gasteiger partial charge in [-0.05, 0) is 63.2 Å². The standard InChI is InChI=1S/C22H21NO4/c1-14-13-20(15(2)23(14)18-7-5-4-6-8-18)21(25)16(3)27-22(26)17-9-11-19(24)12-10-17/h4-13,16,24H,1-3H3/t16-/m0/s1. The molecule has 0 aliphatic carbocycles. The van der Waals surface area contributed by atoms with Gasteiger partial charge in [0.1, 0.15) is 5.75 Å². The topological polar surface area (TPSA) is 68.5 Å². The van der Waals surface area contributed by atoms with Crippen molar-refractivity contribution in [3.05, 3.63) is 83.2 Å². The summed E-state index contributed by atoms with van der Waals surface area (Å²) in [5.74, 6) is -0.797.